The Kier molecular flexibility index (Phi) is 6.98. The lowest BCUT2D eigenvalue weighted by Gasteiger charge is -2.30. The largest absolute Gasteiger partial charge is 0.271 e. The van der Waals surface area contributed by atoms with Gasteiger partial charge in [0.15, 0.2) is 5.82 Å². The van der Waals surface area contributed by atoms with Crippen LogP contribution in [-0.2, 0) is 5.88 Å². The molecule has 3 aromatic rings. The van der Waals surface area contributed by atoms with Crippen LogP contribution in [-0.4, -0.2) is 26.9 Å². The molecule has 9 heteroatoms. The highest BCUT2D eigenvalue weighted by molar-refractivity contribution is 9.10. The van der Waals surface area contributed by atoms with Gasteiger partial charge in [0.1, 0.15) is 6.07 Å². The number of amides is 1. The lowest BCUT2D eigenvalue weighted by molar-refractivity contribution is 0.0943. The fourth-order valence-electron chi connectivity index (χ4n) is 3.70. The Bertz CT molecular complexity index is 1140. The van der Waals surface area contributed by atoms with Crippen LogP contribution < -0.4 is 10.4 Å². The van der Waals surface area contributed by atoms with Crippen molar-refractivity contribution in [3.63, 3.8) is 0 Å². The van der Waals surface area contributed by atoms with Gasteiger partial charge in [-0.25, -0.2) is 4.98 Å². The maximum atomic E-state index is 13.1. The average molecular weight is 512 g/mol. The van der Waals surface area contributed by atoms with E-state index in [1.807, 2.05) is 36.4 Å². The number of carbonyl (C=O) groups excluding carboxylic acids is 1. The van der Waals surface area contributed by atoms with E-state index >= 15 is 0 Å². The van der Waals surface area contributed by atoms with Gasteiger partial charge in [0.2, 0.25) is 5.82 Å². The normalized spacial score (nSPS) is 13.5. The second-order valence-corrected chi connectivity index (χ2v) is 8.61. The summed E-state index contributed by atoms with van der Waals surface area (Å²) in [5, 5.41) is 10.9. The zero-order chi connectivity index (χ0) is 22.5. The predicted molar refractivity (Wildman–Crippen MR) is 126 cm³/mol. The summed E-state index contributed by atoms with van der Waals surface area (Å²) in [6, 6.07) is 13.4. The summed E-state index contributed by atoms with van der Waals surface area (Å²) < 4.78 is 0.609. The van der Waals surface area contributed by atoms with E-state index in [2.05, 4.69) is 36.3 Å². The number of aromatic nitrogens is 3. The molecule has 0 spiro atoms. The monoisotopic (exact) mass is 510 g/mol. The maximum Gasteiger partial charge on any atom is 0.271 e. The molecule has 0 saturated heterocycles. The summed E-state index contributed by atoms with van der Waals surface area (Å²) in [7, 11) is 0. The number of rotatable bonds is 6. The van der Waals surface area contributed by atoms with Crippen LogP contribution in [0.15, 0.2) is 53.3 Å². The average Bonchev–Trinajstić information content (AvgIpc) is 3.38. The standard InChI is InChI=1S/C23H20BrClN6O/c24-19-14-28-21(12-26)29-22(19)31(18-3-1-2-4-18)30-23(32)17-9-10-20(27-13-17)16-7-5-15(11-25)6-8-16/h5-10,13-14,18H,1-4,11H2,(H,30,32). The highest BCUT2D eigenvalue weighted by atomic mass is 79.9. The minimum absolute atomic E-state index is 0.0478. The van der Waals surface area contributed by atoms with Crippen LogP contribution in [0.5, 0.6) is 0 Å². The Morgan fingerprint density at radius 3 is 2.53 bits per heavy atom. The minimum atomic E-state index is -0.294. The van der Waals surface area contributed by atoms with Crippen LogP contribution in [0.4, 0.5) is 5.82 Å². The number of nitrogens with one attached hydrogen (secondary N) is 1. The molecule has 7 nitrogen and oxygen atoms in total. The quantitative estimate of drug-likeness (QED) is 0.369. The van der Waals surface area contributed by atoms with Crippen molar-refractivity contribution >= 4 is 39.3 Å². The van der Waals surface area contributed by atoms with E-state index in [0.29, 0.717) is 21.7 Å². The molecule has 4 rings (SSSR count). The third-order valence-corrected chi connectivity index (χ3v) is 6.26. The summed E-state index contributed by atoms with van der Waals surface area (Å²) >= 11 is 9.30. The first kappa shape index (κ1) is 22.2. The van der Waals surface area contributed by atoms with Crippen molar-refractivity contribution in [3.05, 3.63) is 70.2 Å². The van der Waals surface area contributed by atoms with E-state index in [4.69, 9.17) is 11.6 Å². The molecule has 1 fully saturated rings. The number of benzene rings is 1. The van der Waals surface area contributed by atoms with Crippen molar-refractivity contribution in [2.24, 2.45) is 0 Å². The van der Waals surface area contributed by atoms with Crippen LogP contribution in [0.2, 0.25) is 0 Å². The molecule has 0 radical (unpaired) electrons. The molecule has 32 heavy (non-hydrogen) atoms. The Labute approximate surface area is 199 Å². The fourth-order valence-corrected chi connectivity index (χ4v) is 4.26. The molecule has 1 saturated carbocycles. The number of alkyl halides is 1. The highest BCUT2D eigenvalue weighted by Crippen LogP contribution is 2.30. The molecule has 0 unspecified atom stereocenters. The number of nitriles is 1. The zero-order valence-electron chi connectivity index (χ0n) is 17.1. The first-order chi connectivity index (χ1) is 15.6. The number of hydrogen-bond donors (Lipinski definition) is 1. The summed E-state index contributed by atoms with van der Waals surface area (Å²) in [6.45, 7) is 0. The smallest absolute Gasteiger partial charge is 0.267 e. The van der Waals surface area contributed by atoms with Crippen molar-refractivity contribution in [1.82, 2.24) is 20.4 Å². The van der Waals surface area contributed by atoms with Crippen LogP contribution in [0.1, 0.15) is 47.4 Å². The Morgan fingerprint density at radius 2 is 1.91 bits per heavy atom. The van der Waals surface area contributed by atoms with Crippen molar-refractivity contribution in [2.45, 2.75) is 37.6 Å². The van der Waals surface area contributed by atoms with Crippen molar-refractivity contribution in [2.75, 3.05) is 5.01 Å². The van der Waals surface area contributed by atoms with Crippen LogP contribution >= 0.6 is 27.5 Å². The third-order valence-electron chi connectivity index (χ3n) is 5.40. The third kappa shape index (κ3) is 4.90. The van der Waals surface area contributed by atoms with Gasteiger partial charge < -0.3 is 0 Å². The maximum absolute atomic E-state index is 13.1. The molecule has 162 valence electrons. The number of nitrogens with zero attached hydrogens (tertiary/aromatic N) is 5. The zero-order valence-corrected chi connectivity index (χ0v) is 19.5. The molecule has 0 aliphatic heterocycles. The van der Waals surface area contributed by atoms with Crippen molar-refractivity contribution in [1.29, 1.82) is 5.26 Å². The molecule has 1 N–H and O–H groups in total. The van der Waals surface area contributed by atoms with E-state index in [0.717, 1.165) is 42.5 Å². The van der Waals surface area contributed by atoms with Crippen molar-refractivity contribution in [3.8, 4) is 17.3 Å². The van der Waals surface area contributed by atoms with Crippen molar-refractivity contribution < 1.29 is 4.79 Å². The number of anilines is 1. The Morgan fingerprint density at radius 1 is 1.16 bits per heavy atom. The lowest BCUT2D eigenvalue weighted by Crippen LogP contribution is -2.48. The molecular weight excluding hydrogens is 492 g/mol. The van der Waals surface area contributed by atoms with Gasteiger partial charge >= 0.3 is 0 Å². The highest BCUT2D eigenvalue weighted by Gasteiger charge is 2.28. The molecule has 0 bridgehead atoms. The molecular formula is C23H20BrClN6O. The minimum Gasteiger partial charge on any atom is -0.267 e. The van der Waals surface area contributed by atoms with Gasteiger partial charge in [0.05, 0.1) is 21.8 Å². The van der Waals surface area contributed by atoms with E-state index in [-0.39, 0.29) is 17.8 Å². The van der Waals surface area contributed by atoms with Gasteiger partial charge in [0, 0.05) is 23.8 Å². The summed E-state index contributed by atoms with van der Waals surface area (Å²) in [6.07, 6.45) is 7.08. The van der Waals surface area contributed by atoms with E-state index in [9.17, 15) is 10.1 Å². The van der Waals surface area contributed by atoms with E-state index < -0.39 is 0 Å². The topological polar surface area (TPSA) is 94.8 Å². The lowest BCUT2D eigenvalue weighted by atomic mass is 10.1. The first-order valence-corrected chi connectivity index (χ1v) is 11.6. The molecule has 0 atom stereocenters. The molecule has 1 amide bonds. The van der Waals surface area contributed by atoms with Crippen LogP contribution in [0.25, 0.3) is 11.3 Å². The Balaban J connectivity index is 1.56. The number of halogens is 2. The van der Waals surface area contributed by atoms with Gasteiger partial charge in [0.25, 0.3) is 5.91 Å². The van der Waals surface area contributed by atoms with Gasteiger partial charge in [-0.3, -0.25) is 20.2 Å². The molecule has 1 aliphatic carbocycles. The summed E-state index contributed by atoms with van der Waals surface area (Å²) in [4.78, 5) is 25.8. The number of hydrogen-bond acceptors (Lipinski definition) is 6. The first-order valence-electron chi connectivity index (χ1n) is 10.2. The molecule has 1 aromatic carbocycles. The number of hydrazine groups is 1. The van der Waals surface area contributed by atoms with Crippen LogP contribution in [0.3, 0.4) is 0 Å². The van der Waals surface area contributed by atoms with Gasteiger partial charge in [-0.15, -0.1) is 11.6 Å². The van der Waals surface area contributed by atoms with Crippen LogP contribution in [0, 0.1) is 11.3 Å². The fraction of sp³-hybridized carbons (Fsp3) is 0.261. The van der Waals surface area contributed by atoms with Gasteiger partial charge in [-0.05, 0) is 46.5 Å². The number of pyridine rings is 1. The molecule has 1 aliphatic rings. The second kappa shape index (κ2) is 10.1. The van der Waals surface area contributed by atoms with E-state index in [1.165, 1.54) is 6.20 Å². The summed E-state index contributed by atoms with van der Waals surface area (Å²) in [5.41, 5.74) is 6.16. The SMILES string of the molecule is N#Cc1ncc(Br)c(N(NC(=O)c2ccc(-c3ccc(CCl)cc3)nc2)C2CCCC2)n1. The van der Waals surface area contributed by atoms with E-state index in [1.54, 1.807) is 17.3 Å². The van der Waals surface area contributed by atoms with Gasteiger partial charge in [-0.1, -0.05) is 37.1 Å². The molecule has 2 heterocycles. The predicted octanol–water partition coefficient (Wildman–Crippen LogP) is 5.01. The Hall–Kier alpha value is -3.02. The second-order valence-electron chi connectivity index (χ2n) is 7.49. The number of carbonyl (C=O) groups is 1. The molecule has 2 aromatic heterocycles. The summed E-state index contributed by atoms with van der Waals surface area (Å²) in [5.74, 6) is 0.688. The van der Waals surface area contributed by atoms with Gasteiger partial charge in [-0.2, -0.15) is 10.2 Å².